The average Bonchev–Trinajstić information content (AvgIpc) is 2.26. The van der Waals surface area contributed by atoms with Crippen molar-refractivity contribution in [3.8, 4) is 0 Å². The smallest absolute Gasteiger partial charge is 0.0369 e. The predicted molar refractivity (Wildman–Crippen MR) is 62.5 cm³/mol. The van der Waals surface area contributed by atoms with Gasteiger partial charge in [-0.15, -0.1) is 0 Å². The molecular formula is C12H20N2. The van der Waals surface area contributed by atoms with Crippen molar-refractivity contribution in [3.05, 3.63) is 29.8 Å². The highest BCUT2D eigenvalue weighted by molar-refractivity contribution is 5.48. The molecule has 0 radical (unpaired) electrons. The van der Waals surface area contributed by atoms with E-state index in [2.05, 4.69) is 43.0 Å². The Morgan fingerprint density at radius 3 is 2.64 bits per heavy atom. The fourth-order valence-electron chi connectivity index (χ4n) is 1.62. The number of hydrogen-bond donors (Lipinski definition) is 1. The normalized spacial score (nSPS) is 10.2. The fraction of sp³-hybridized carbons (Fsp3) is 0.500. The van der Waals surface area contributed by atoms with Crippen molar-refractivity contribution in [3.63, 3.8) is 0 Å². The molecule has 0 aliphatic heterocycles. The minimum atomic E-state index is 0.623. The fourth-order valence-corrected chi connectivity index (χ4v) is 1.62. The first-order chi connectivity index (χ1) is 6.81. The molecule has 2 nitrogen and oxygen atoms in total. The van der Waals surface area contributed by atoms with Gasteiger partial charge >= 0.3 is 0 Å². The minimum Gasteiger partial charge on any atom is -0.372 e. The van der Waals surface area contributed by atoms with Gasteiger partial charge in [0.25, 0.3) is 0 Å². The van der Waals surface area contributed by atoms with Crippen molar-refractivity contribution in [2.75, 3.05) is 18.0 Å². The number of rotatable bonds is 5. The summed E-state index contributed by atoms with van der Waals surface area (Å²) in [5, 5.41) is 0. The van der Waals surface area contributed by atoms with Crippen LogP contribution in [0.5, 0.6) is 0 Å². The SMILES string of the molecule is CCCN(CC)c1cccc(CN)c1. The molecular weight excluding hydrogens is 172 g/mol. The van der Waals surface area contributed by atoms with Crippen LogP contribution in [-0.4, -0.2) is 13.1 Å². The van der Waals surface area contributed by atoms with Crippen LogP contribution in [0, 0.1) is 0 Å². The van der Waals surface area contributed by atoms with Crippen LogP contribution in [0.25, 0.3) is 0 Å². The highest BCUT2D eigenvalue weighted by atomic mass is 15.1. The third-order valence-electron chi connectivity index (χ3n) is 2.39. The van der Waals surface area contributed by atoms with E-state index in [-0.39, 0.29) is 0 Å². The van der Waals surface area contributed by atoms with Gasteiger partial charge in [0.1, 0.15) is 0 Å². The molecule has 2 N–H and O–H groups in total. The van der Waals surface area contributed by atoms with Crippen LogP contribution in [0.4, 0.5) is 5.69 Å². The Hall–Kier alpha value is -1.02. The lowest BCUT2D eigenvalue weighted by Gasteiger charge is -2.22. The van der Waals surface area contributed by atoms with Crippen molar-refractivity contribution in [1.82, 2.24) is 0 Å². The van der Waals surface area contributed by atoms with Gasteiger partial charge in [-0.1, -0.05) is 19.1 Å². The number of hydrogen-bond acceptors (Lipinski definition) is 2. The van der Waals surface area contributed by atoms with Crippen molar-refractivity contribution in [1.29, 1.82) is 0 Å². The highest BCUT2D eigenvalue weighted by Crippen LogP contribution is 2.15. The summed E-state index contributed by atoms with van der Waals surface area (Å²) < 4.78 is 0. The van der Waals surface area contributed by atoms with E-state index >= 15 is 0 Å². The summed E-state index contributed by atoms with van der Waals surface area (Å²) in [5.41, 5.74) is 8.11. The molecule has 0 atom stereocenters. The molecule has 0 amide bonds. The summed E-state index contributed by atoms with van der Waals surface area (Å²) >= 11 is 0. The summed E-state index contributed by atoms with van der Waals surface area (Å²) in [6.07, 6.45) is 1.18. The lowest BCUT2D eigenvalue weighted by atomic mass is 10.2. The van der Waals surface area contributed by atoms with Gasteiger partial charge in [-0.3, -0.25) is 0 Å². The average molecular weight is 192 g/mol. The summed E-state index contributed by atoms with van der Waals surface area (Å²) in [6.45, 7) is 7.18. The second kappa shape index (κ2) is 5.66. The summed E-state index contributed by atoms with van der Waals surface area (Å²) in [5.74, 6) is 0. The van der Waals surface area contributed by atoms with E-state index in [1.54, 1.807) is 0 Å². The first-order valence-electron chi connectivity index (χ1n) is 5.35. The molecule has 0 bridgehead atoms. The van der Waals surface area contributed by atoms with Crippen molar-refractivity contribution < 1.29 is 0 Å². The van der Waals surface area contributed by atoms with Crippen molar-refractivity contribution in [2.45, 2.75) is 26.8 Å². The summed E-state index contributed by atoms with van der Waals surface area (Å²) in [4.78, 5) is 2.37. The van der Waals surface area contributed by atoms with E-state index in [4.69, 9.17) is 5.73 Å². The third kappa shape index (κ3) is 2.74. The number of nitrogens with two attached hydrogens (primary N) is 1. The number of benzene rings is 1. The van der Waals surface area contributed by atoms with Crippen LogP contribution < -0.4 is 10.6 Å². The quantitative estimate of drug-likeness (QED) is 0.776. The van der Waals surface area contributed by atoms with Gasteiger partial charge in [0.05, 0.1) is 0 Å². The Bertz CT molecular complexity index is 271. The van der Waals surface area contributed by atoms with Gasteiger partial charge in [-0.2, -0.15) is 0 Å². The molecule has 78 valence electrons. The largest absolute Gasteiger partial charge is 0.372 e. The molecule has 1 aromatic carbocycles. The van der Waals surface area contributed by atoms with Crippen LogP contribution in [0.2, 0.25) is 0 Å². The predicted octanol–water partition coefficient (Wildman–Crippen LogP) is 2.38. The Kier molecular flexibility index (Phi) is 4.47. The molecule has 0 unspecified atom stereocenters. The molecule has 0 aliphatic carbocycles. The zero-order valence-electron chi connectivity index (χ0n) is 9.16. The van der Waals surface area contributed by atoms with Crippen LogP contribution in [0.1, 0.15) is 25.8 Å². The topological polar surface area (TPSA) is 29.3 Å². The van der Waals surface area contributed by atoms with Crippen molar-refractivity contribution >= 4 is 5.69 Å². The first kappa shape index (κ1) is 11.1. The van der Waals surface area contributed by atoms with E-state index in [1.165, 1.54) is 17.7 Å². The maximum atomic E-state index is 5.62. The molecule has 0 aliphatic rings. The molecule has 0 aromatic heterocycles. The third-order valence-corrected chi connectivity index (χ3v) is 2.39. The van der Waals surface area contributed by atoms with E-state index < -0.39 is 0 Å². The second-order valence-corrected chi connectivity index (χ2v) is 3.45. The maximum absolute atomic E-state index is 5.62. The van der Waals surface area contributed by atoms with Gasteiger partial charge in [0, 0.05) is 25.3 Å². The molecule has 0 saturated carbocycles. The number of anilines is 1. The zero-order valence-corrected chi connectivity index (χ0v) is 9.16. The van der Waals surface area contributed by atoms with Crippen LogP contribution in [0.15, 0.2) is 24.3 Å². The van der Waals surface area contributed by atoms with E-state index in [9.17, 15) is 0 Å². The van der Waals surface area contributed by atoms with Gasteiger partial charge in [-0.05, 0) is 31.0 Å². The summed E-state index contributed by atoms with van der Waals surface area (Å²) in [7, 11) is 0. The van der Waals surface area contributed by atoms with Gasteiger partial charge < -0.3 is 10.6 Å². The lowest BCUT2D eigenvalue weighted by Crippen LogP contribution is -2.23. The van der Waals surface area contributed by atoms with E-state index in [1.807, 2.05) is 0 Å². The van der Waals surface area contributed by atoms with Gasteiger partial charge in [0.15, 0.2) is 0 Å². The molecule has 1 aromatic rings. The molecule has 0 heterocycles. The monoisotopic (exact) mass is 192 g/mol. The minimum absolute atomic E-state index is 0.623. The van der Waals surface area contributed by atoms with Crippen LogP contribution in [0.3, 0.4) is 0 Å². The van der Waals surface area contributed by atoms with Crippen molar-refractivity contribution in [2.24, 2.45) is 5.73 Å². The standard InChI is InChI=1S/C12H20N2/c1-3-8-14(4-2)12-7-5-6-11(9-12)10-13/h5-7,9H,3-4,8,10,13H2,1-2H3. The Balaban J connectivity index is 2.80. The Morgan fingerprint density at radius 2 is 2.07 bits per heavy atom. The molecule has 1 rings (SSSR count). The van der Waals surface area contributed by atoms with E-state index in [0.29, 0.717) is 6.54 Å². The van der Waals surface area contributed by atoms with E-state index in [0.717, 1.165) is 13.1 Å². The first-order valence-corrected chi connectivity index (χ1v) is 5.35. The Labute approximate surface area is 86.7 Å². The number of nitrogens with zero attached hydrogens (tertiary/aromatic N) is 1. The molecule has 0 fully saturated rings. The Morgan fingerprint density at radius 1 is 1.29 bits per heavy atom. The van der Waals surface area contributed by atoms with Crippen LogP contribution in [-0.2, 0) is 6.54 Å². The maximum Gasteiger partial charge on any atom is 0.0369 e. The van der Waals surface area contributed by atoms with Gasteiger partial charge in [-0.25, -0.2) is 0 Å². The lowest BCUT2D eigenvalue weighted by molar-refractivity contribution is 0.791. The summed E-state index contributed by atoms with van der Waals surface area (Å²) in [6, 6.07) is 8.48. The molecule has 0 saturated heterocycles. The second-order valence-electron chi connectivity index (χ2n) is 3.45. The zero-order chi connectivity index (χ0) is 10.4. The highest BCUT2D eigenvalue weighted by Gasteiger charge is 2.02. The van der Waals surface area contributed by atoms with Crippen LogP contribution >= 0.6 is 0 Å². The molecule has 2 heteroatoms. The molecule has 14 heavy (non-hydrogen) atoms. The molecule has 0 spiro atoms. The van der Waals surface area contributed by atoms with Gasteiger partial charge in [0.2, 0.25) is 0 Å².